The average molecular weight is 420 g/mol. The maximum atomic E-state index is 6.28. The molecule has 9 heteroatoms. The highest BCUT2D eigenvalue weighted by molar-refractivity contribution is 6.30. The fraction of sp³-hybridized carbons (Fsp3) is 0.143. The van der Waals surface area contributed by atoms with Crippen LogP contribution in [0.15, 0.2) is 55.1 Å². The van der Waals surface area contributed by atoms with E-state index in [-0.39, 0.29) is 0 Å². The molecule has 0 amide bonds. The molecule has 0 bridgehead atoms. The van der Waals surface area contributed by atoms with Gasteiger partial charge in [0.15, 0.2) is 11.5 Å². The van der Waals surface area contributed by atoms with Gasteiger partial charge in [0, 0.05) is 37.7 Å². The van der Waals surface area contributed by atoms with Gasteiger partial charge in [-0.1, -0.05) is 11.6 Å². The van der Waals surface area contributed by atoms with Crippen molar-refractivity contribution in [2.45, 2.75) is 0 Å². The second-order valence-corrected chi connectivity index (χ2v) is 7.42. The van der Waals surface area contributed by atoms with E-state index in [0.29, 0.717) is 10.8 Å². The molecule has 0 spiro atoms. The minimum atomic E-state index is 0.599. The number of benzene rings is 1. The van der Waals surface area contributed by atoms with Crippen LogP contribution in [0.1, 0.15) is 0 Å². The first-order valence-electron chi connectivity index (χ1n) is 9.25. The molecule has 1 aromatic carbocycles. The molecule has 0 aliphatic carbocycles. The van der Waals surface area contributed by atoms with Crippen LogP contribution in [0.4, 0.5) is 5.82 Å². The molecule has 4 aromatic heterocycles. The van der Waals surface area contributed by atoms with E-state index >= 15 is 0 Å². The summed E-state index contributed by atoms with van der Waals surface area (Å²) < 4.78 is 9.12. The third-order valence-electron chi connectivity index (χ3n) is 4.89. The highest BCUT2D eigenvalue weighted by Crippen LogP contribution is 2.34. The standard InChI is InChI=1S/C21H18ClN7O/c1-27(2)21-15-11-24-16(14-12-25-28-8-4-7-23-20(14)28)10-17(15)29(26-21)18-9-13(22)5-6-19(18)30-3/h4-12H,1-3H3. The van der Waals surface area contributed by atoms with E-state index in [1.807, 2.05) is 60.3 Å². The van der Waals surface area contributed by atoms with Crippen molar-refractivity contribution in [3.63, 3.8) is 0 Å². The van der Waals surface area contributed by atoms with Crippen LogP contribution in [0.5, 0.6) is 5.75 Å². The van der Waals surface area contributed by atoms with E-state index in [1.54, 1.807) is 30.1 Å². The summed E-state index contributed by atoms with van der Waals surface area (Å²) in [5.74, 6) is 1.47. The maximum absolute atomic E-state index is 6.28. The Balaban J connectivity index is 1.79. The van der Waals surface area contributed by atoms with Crippen LogP contribution in [0, 0.1) is 0 Å². The molecular weight excluding hydrogens is 402 g/mol. The summed E-state index contributed by atoms with van der Waals surface area (Å²) in [5, 5.41) is 10.7. The molecule has 5 aromatic rings. The van der Waals surface area contributed by atoms with Gasteiger partial charge in [0.2, 0.25) is 0 Å². The van der Waals surface area contributed by atoms with Gasteiger partial charge in [-0.15, -0.1) is 5.10 Å². The van der Waals surface area contributed by atoms with Crippen LogP contribution in [-0.4, -0.2) is 50.6 Å². The number of halogens is 1. The first-order valence-corrected chi connectivity index (χ1v) is 9.63. The lowest BCUT2D eigenvalue weighted by atomic mass is 10.2. The van der Waals surface area contributed by atoms with Crippen molar-refractivity contribution < 1.29 is 4.74 Å². The molecule has 0 radical (unpaired) electrons. The number of hydrogen-bond donors (Lipinski definition) is 0. The number of methoxy groups -OCH3 is 1. The van der Waals surface area contributed by atoms with Crippen molar-refractivity contribution in [3.05, 3.63) is 60.1 Å². The highest BCUT2D eigenvalue weighted by atomic mass is 35.5. The van der Waals surface area contributed by atoms with Gasteiger partial charge in [0.1, 0.15) is 11.4 Å². The third-order valence-corrected chi connectivity index (χ3v) is 5.13. The van der Waals surface area contributed by atoms with Gasteiger partial charge in [-0.25, -0.2) is 14.2 Å². The molecule has 0 atom stereocenters. The Hall–Kier alpha value is -3.65. The van der Waals surface area contributed by atoms with Crippen LogP contribution in [0.2, 0.25) is 5.02 Å². The van der Waals surface area contributed by atoms with E-state index in [2.05, 4.69) is 15.1 Å². The number of rotatable bonds is 4. The Kier molecular flexibility index (Phi) is 4.29. The zero-order valence-corrected chi connectivity index (χ0v) is 17.4. The number of anilines is 1. The summed E-state index contributed by atoms with van der Waals surface area (Å²) in [6.45, 7) is 0. The van der Waals surface area contributed by atoms with E-state index in [9.17, 15) is 0 Å². The molecule has 5 rings (SSSR count). The van der Waals surface area contributed by atoms with Crippen molar-refractivity contribution >= 4 is 34.0 Å². The van der Waals surface area contributed by atoms with Crippen molar-refractivity contribution in [3.8, 4) is 22.7 Å². The van der Waals surface area contributed by atoms with Crippen LogP contribution >= 0.6 is 11.6 Å². The Morgan fingerprint density at radius 1 is 1.10 bits per heavy atom. The number of nitrogens with zero attached hydrogens (tertiary/aromatic N) is 7. The smallest absolute Gasteiger partial charge is 0.164 e. The van der Waals surface area contributed by atoms with E-state index in [1.165, 1.54) is 0 Å². The predicted molar refractivity (Wildman–Crippen MR) is 117 cm³/mol. The Morgan fingerprint density at radius 3 is 2.77 bits per heavy atom. The molecular formula is C21H18ClN7O. The summed E-state index contributed by atoms with van der Waals surface area (Å²) in [6.07, 6.45) is 7.19. The van der Waals surface area contributed by atoms with Gasteiger partial charge in [0.05, 0.1) is 35.5 Å². The molecule has 8 nitrogen and oxygen atoms in total. The Labute approximate surface area is 177 Å². The summed E-state index contributed by atoms with van der Waals surface area (Å²) >= 11 is 6.28. The van der Waals surface area contributed by atoms with E-state index in [0.717, 1.165) is 39.3 Å². The van der Waals surface area contributed by atoms with Crippen molar-refractivity contribution in [1.82, 2.24) is 29.4 Å². The minimum absolute atomic E-state index is 0.599. The van der Waals surface area contributed by atoms with E-state index < -0.39 is 0 Å². The minimum Gasteiger partial charge on any atom is -0.494 e. The van der Waals surface area contributed by atoms with Crippen molar-refractivity contribution in [2.24, 2.45) is 0 Å². The van der Waals surface area contributed by atoms with Gasteiger partial charge in [-0.05, 0) is 30.3 Å². The molecule has 150 valence electrons. The molecule has 0 aliphatic heterocycles. The quantitative estimate of drug-likeness (QED) is 0.440. The lowest BCUT2D eigenvalue weighted by molar-refractivity contribution is 0.412. The first kappa shape index (κ1) is 18.4. The molecule has 0 N–H and O–H groups in total. The molecule has 0 unspecified atom stereocenters. The number of aromatic nitrogens is 6. The average Bonchev–Trinajstić information content (AvgIpc) is 3.35. The number of pyridine rings is 1. The number of hydrogen-bond acceptors (Lipinski definition) is 6. The fourth-order valence-electron chi connectivity index (χ4n) is 3.49. The molecule has 30 heavy (non-hydrogen) atoms. The fourth-order valence-corrected chi connectivity index (χ4v) is 3.66. The summed E-state index contributed by atoms with van der Waals surface area (Å²) in [5.41, 5.74) is 3.96. The monoisotopic (exact) mass is 419 g/mol. The van der Waals surface area contributed by atoms with Crippen LogP contribution in [0.25, 0.3) is 33.5 Å². The van der Waals surface area contributed by atoms with Gasteiger partial charge in [-0.3, -0.25) is 4.98 Å². The molecule has 0 aliphatic rings. The Morgan fingerprint density at radius 2 is 1.97 bits per heavy atom. The van der Waals surface area contributed by atoms with Crippen molar-refractivity contribution in [1.29, 1.82) is 0 Å². The van der Waals surface area contributed by atoms with Crippen LogP contribution in [0.3, 0.4) is 0 Å². The first-order chi connectivity index (χ1) is 14.6. The molecule has 0 fully saturated rings. The van der Waals surface area contributed by atoms with Crippen LogP contribution < -0.4 is 9.64 Å². The van der Waals surface area contributed by atoms with Gasteiger partial charge in [-0.2, -0.15) is 5.10 Å². The lowest BCUT2D eigenvalue weighted by Crippen LogP contribution is -2.10. The third kappa shape index (κ3) is 2.84. The molecule has 0 saturated heterocycles. The topological polar surface area (TPSA) is 73.4 Å². The SMILES string of the molecule is COc1ccc(Cl)cc1-n1nc(N(C)C)c2cnc(-c3cnn4cccnc34)cc21. The van der Waals surface area contributed by atoms with Gasteiger partial charge >= 0.3 is 0 Å². The van der Waals surface area contributed by atoms with Gasteiger partial charge < -0.3 is 9.64 Å². The van der Waals surface area contributed by atoms with Gasteiger partial charge in [0.25, 0.3) is 0 Å². The summed E-state index contributed by atoms with van der Waals surface area (Å²) in [4.78, 5) is 11.1. The zero-order valence-electron chi connectivity index (χ0n) is 16.6. The normalized spacial score (nSPS) is 11.3. The second kappa shape index (κ2) is 7.00. The highest BCUT2D eigenvalue weighted by Gasteiger charge is 2.19. The maximum Gasteiger partial charge on any atom is 0.164 e. The molecule has 4 heterocycles. The van der Waals surface area contributed by atoms with Crippen molar-refractivity contribution in [2.75, 3.05) is 26.1 Å². The predicted octanol–water partition coefficient (Wildman–Crippen LogP) is 3.86. The molecule has 0 saturated carbocycles. The van der Waals surface area contributed by atoms with E-state index in [4.69, 9.17) is 21.4 Å². The zero-order chi connectivity index (χ0) is 20.8. The number of fused-ring (bicyclic) bond motifs is 2. The van der Waals surface area contributed by atoms with Crippen LogP contribution in [-0.2, 0) is 0 Å². The Bertz CT molecular complexity index is 1390. The lowest BCUT2D eigenvalue weighted by Gasteiger charge is -2.10. The number of ether oxygens (including phenoxy) is 1. The summed E-state index contributed by atoms with van der Waals surface area (Å²) in [6, 6.07) is 9.28. The summed E-state index contributed by atoms with van der Waals surface area (Å²) in [7, 11) is 5.53. The second-order valence-electron chi connectivity index (χ2n) is 6.98. The largest absolute Gasteiger partial charge is 0.494 e.